The topological polar surface area (TPSA) is 20.3 Å². The summed E-state index contributed by atoms with van der Waals surface area (Å²) in [6.45, 7) is 1.27. The monoisotopic (exact) mass is 415 g/mol. The van der Waals surface area contributed by atoms with E-state index in [0.29, 0.717) is 5.41 Å². The number of hydrogen-bond donors (Lipinski definition) is 0. The first-order chi connectivity index (χ1) is 14.3. The average molecular weight is 415 g/mol. The van der Waals surface area contributed by atoms with Crippen LogP contribution in [0.1, 0.15) is 43.2 Å². The minimum absolute atomic E-state index is 0.466. The van der Waals surface area contributed by atoms with Crippen molar-refractivity contribution in [2.45, 2.75) is 56.2 Å². The summed E-state index contributed by atoms with van der Waals surface area (Å²) in [5, 5.41) is 0. The van der Waals surface area contributed by atoms with E-state index in [2.05, 4.69) is 60.5 Å². The number of alkyl halides is 3. The lowest BCUT2D eigenvalue weighted by molar-refractivity contribution is -0.156. The van der Waals surface area contributed by atoms with E-state index >= 15 is 0 Å². The molecule has 2 fully saturated rings. The summed E-state index contributed by atoms with van der Waals surface area (Å²) in [4.78, 5) is 11.4. The van der Waals surface area contributed by atoms with Crippen LogP contribution < -0.4 is 0 Å². The van der Waals surface area contributed by atoms with Crippen LogP contribution in [-0.4, -0.2) is 37.0 Å². The summed E-state index contributed by atoms with van der Waals surface area (Å²) in [5.41, 5.74) is 6.57. The van der Waals surface area contributed by atoms with Gasteiger partial charge in [-0.3, -0.25) is 4.79 Å². The van der Waals surface area contributed by atoms with Crippen LogP contribution in [0.25, 0.3) is 11.1 Å². The number of benzene rings is 2. The van der Waals surface area contributed by atoms with Crippen molar-refractivity contribution in [1.29, 1.82) is 0 Å². The van der Waals surface area contributed by atoms with Gasteiger partial charge in [-0.15, -0.1) is 0 Å². The second-order valence-electron chi connectivity index (χ2n) is 8.91. The largest absolute Gasteiger partial charge is 0.446 e. The second kappa shape index (κ2) is 8.18. The number of piperidine rings is 1. The molecule has 3 atom stereocenters. The normalized spacial score (nSPS) is 27.9. The average Bonchev–Trinajstić information content (AvgIpc) is 2.76. The smallest absolute Gasteiger partial charge is 0.303 e. The highest BCUT2D eigenvalue weighted by Crippen LogP contribution is 2.55. The number of hydrogen-bond acceptors (Lipinski definition) is 2. The standard InChI is InChI=1S/C23H27N.C2HF3O/c1-24-14-13-23-12-6-5-9-20(23)22(24)16-19-11-10-18(15-21(19)23)17-7-3-2-4-8-17;3-2(4,5)1-6/h2-4,7-8,10-11,15,20,22H,5-6,9,12-14,16H2,1H3;1H/t20-,22-,23?;/m1./s1. The Balaban J connectivity index is 0.000000322. The van der Waals surface area contributed by atoms with Gasteiger partial charge in [0.15, 0.2) is 0 Å². The van der Waals surface area contributed by atoms with Crippen LogP contribution in [-0.2, 0) is 16.6 Å². The molecular formula is C25H28F3NO. The second-order valence-corrected chi connectivity index (χ2v) is 8.91. The molecule has 2 aromatic rings. The third kappa shape index (κ3) is 3.92. The van der Waals surface area contributed by atoms with Gasteiger partial charge in [0.2, 0.25) is 6.29 Å². The lowest BCUT2D eigenvalue weighted by Crippen LogP contribution is -2.59. The van der Waals surface area contributed by atoms with Crippen LogP contribution in [0.3, 0.4) is 0 Å². The van der Waals surface area contributed by atoms with Crippen molar-refractivity contribution in [3.63, 3.8) is 0 Å². The minimum atomic E-state index is -4.64. The molecule has 1 saturated carbocycles. The molecule has 2 bridgehead atoms. The summed E-state index contributed by atoms with van der Waals surface area (Å²) in [7, 11) is 2.35. The Kier molecular flexibility index (Phi) is 5.75. The van der Waals surface area contributed by atoms with E-state index in [1.54, 1.807) is 11.1 Å². The van der Waals surface area contributed by atoms with Crippen molar-refractivity contribution in [2.75, 3.05) is 13.6 Å². The zero-order valence-electron chi connectivity index (χ0n) is 17.3. The van der Waals surface area contributed by atoms with Gasteiger partial charge in [-0.1, -0.05) is 61.4 Å². The molecule has 160 valence electrons. The molecule has 0 aromatic heterocycles. The van der Waals surface area contributed by atoms with Gasteiger partial charge >= 0.3 is 6.18 Å². The quantitative estimate of drug-likeness (QED) is 0.550. The summed E-state index contributed by atoms with van der Waals surface area (Å²) in [5.74, 6) is 0.878. The van der Waals surface area contributed by atoms with Gasteiger partial charge in [-0.05, 0) is 67.4 Å². The minimum Gasteiger partial charge on any atom is -0.303 e. The number of aldehydes is 1. The number of halogens is 3. The van der Waals surface area contributed by atoms with E-state index in [1.807, 2.05) is 0 Å². The highest BCUT2D eigenvalue weighted by molar-refractivity contribution is 5.66. The molecule has 0 spiro atoms. The maximum atomic E-state index is 10.4. The molecule has 2 nitrogen and oxygen atoms in total. The predicted octanol–water partition coefficient (Wildman–Crippen LogP) is 5.79. The number of likely N-dealkylation sites (tertiary alicyclic amines) is 1. The van der Waals surface area contributed by atoms with E-state index < -0.39 is 12.5 Å². The molecule has 0 amide bonds. The molecule has 1 heterocycles. The van der Waals surface area contributed by atoms with Crippen LogP contribution in [0, 0.1) is 5.92 Å². The van der Waals surface area contributed by atoms with E-state index in [9.17, 15) is 13.2 Å². The first-order valence-corrected chi connectivity index (χ1v) is 10.8. The summed E-state index contributed by atoms with van der Waals surface area (Å²) < 4.78 is 31.2. The molecule has 1 saturated heterocycles. The van der Waals surface area contributed by atoms with E-state index in [-0.39, 0.29) is 0 Å². The van der Waals surface area contributed by atoms with E-state index in [1.165, 1.54) is 56.2 Å². The number of likely N-dealkylation sites (N-methyl/N-ethyl adjacent to an activating group) is 1. The molecule has 0 N–H and O–H groups in total. The Morgan fingerprint density at radius 3 is 2.47 bits per heavy atom. The van der Waals surface area contributed by atoms with Gasteiger partial charge in [0.05, 0.1) is 0 Å². The molecular weight excluding hydrogens is 387 g/mol. The molecule has 2 aromatic carbocycles. The number of fused-ring (bicyclic) bond motifs is 1. The molecule has 30 heavy (non-hydrogen) atoms. The van der Waals surface area contributed by atoms with Gasteiger partial charge in [-0.25, -0.2) is 0 Å². The lowest BCUT2D eigenvalue weighted by atomic mass is 9.52. The fraction of sp³-hybridized carbons (Fsp3) is 0.480. The molecule has 2 aliphatic carbocycles. The van der Waals surface area contributed by atoms with Gasteiger partial charge in [0.1, 0.15) is 0 Å². The summed E-state index contributed by atoms with van der Waals surface area (Å²) in [6, 6.07) is 19.0. The molecule has 0 radical (unpaired) electrons. The molecule has 1 aliphatic heterocycles. The number of carbonyl (C=O) groups excluding carboxylic acids is 1. The van der Waals surface area contributed by atoms with Gasteiger partial charge in [0, 0.05) is 11.5 Å². The van der Waals surface area contributed by atoms with E-state index in [4.69, 9.17) is 4.79 Å². The van der Waals surface area contributed by atoms with Gasteiger partial charge in [0.25, 0.3) is 0 Å². The van der Waals surface area contributed by atoms with Crippen LogP contribution in [0.5, 0.6) is 0 Å². The van der Waals surface area contributed by atoms with Gasteiger partial charge in [-0.2, -0.15) is 13.2 Å². The molecule has 1 unspecified atom stereocenters. The first-order valence-electron chi connectivity index (χ1n) is 10.8. The van der Waals surface area contributed by atoms with Crippen LogP contribution in [0.15, 0.2) is 48.5 Å². The number of carbonyl (C=O) groups is 1. The molecule has 3 aliphatic rings. The van der Waals surface area contributed by atoms with Crippen molar-refractivity contribution >= 4 is 6.29 Å². The third-order valence-electron chi connectivity index (χ3n) is 7.36. The van der Waals surface area contributed by atoms with E-state index in [0.717, 1.165) is 12.0 Å². The van der Waals surface area contributed by atoms with Crippen molar-refractivity contribution in [1.82, 2.24) is 4.90 Å². The number of rotatable bonds is 1. The van der Waals surface area contributed by atoms with Crippen LogP contribution >= 0.6 is 0 Å². The SMILES string of the molecule is CN1CCC23CCCC[C@@H]2[C@H]1Cc1ccc(-c2ccccc2)cc13.O=CC(F)(F)F. The van der Waals surface area contributed by atoms with Crippen molar-refractivity contribution < 1.29 is 18.0 Å². The summed E-state index contributed by atoms with van der Waals surface area (Å²) in [6.07, 6.45) is 2.61. The summed E-state index contributed by atoms with van der Waals surface area (Å²) >= 11 is 0. The zero-order chi connectivity index (χ0) is 21.4. The maximum absolute atomic E-state index is 10.4. The zero-order valence-corrected chi connectivity index (χ0v) is 17.3. The predicted molar refractivity (Wildman–Crippen MR) is 112 cm³/mol. The molecule has 5 rings (SSSR count). The number of nitrogens with zero attached hydrogens (tertiary/aromatic N) is 1. The van der Waals surface area contributed by atoms with Crippen LogP contribution in [0.4, 0.5) is 13.2 Å². The first kappa shape index (κ1) is 21.1. The fourth-order valence-electron chi connectivity index (χ4n) is 6.01. The Bertz CT molecular complexity index is 895. The van der Waals surface area contributed by atoms with Crippen LogP contribution in [0.2, 0.25) is 0 Å². The maximum Gasteiger partial charge on any atom is 0.446 e. The lowest BCUT2D eigenvalue weighted by Gasteiger charge is -2.58. The van der Waals surface area contributed by atoms with Crippen molar-refractivity contribution in [3.05, 3.63) is 59.7 Å². The molecule has 5 heteroatoms. The Morgan fingerprint density at radius 2 is 1.77 bits per heavy atom. The highest BCUT2D eigenvalue weighted by atomic mass is 19.4. The highest BCUT2D eigenvalue weighted by Gasteiger charge is 2.52. The fourth-order valence-corrected chi connectivity index (χ4v) is 6.01. The van der Waals surface area contributed by atoms with Gasteiger partial charge < -0.3 is 4.90 Å². The Labute approximate surface area is 176 Å². The third-order valence-corrected chi connectivity index (χ3v) is 7.36. The Hall–Kier alpha value is -2.14. The van der Waals surface area contributed by atoms with Crippen molar-refractivity contribution in [2.24, 2.45) is 5.92 Å². The Morgan fingerprint density at radius 1 is 1.03 bits per heavy atom. The van der Waals surface area contributed by atoms with Crippen molar-refractivity contribution in [3.8, 4) is 11.1 Å².